The maximum atomic E-state index is 13.0. The molecule has 132 valence electrons. The summed E-state index contributed by atoms with van der Waals surface area (Å²) in [6.45, 7) is 1.91. The van der Waals surface area contributed by atoms with E-state index in [2.05, 4.69) is 0 Å². The van der Waals surface area contributed by atoms with Crippen LogP contribution in [0.4, 0.5) is 13.2 Å². The number of carbonyl (C=O) groups is 1. The maximum Gasteiger partial charge on any atom is 0.404 e. The van der Waals surface area contributed by atoms with Gasteiger partial charge < -0.3 is 9.84 Å². The molecule has 6 heteroatoms. The summed E-state index contributed by atoms with van der Waals surface area (Å²) >= 11 is 0. The molecule has 0 radical (unpaired) electrons. The lowest BCUT2D eigenvalue weighted by molar-refractivity contribution is -0.230. The van der Waals surface area contributed by atoms with Crippen molar-refractivity contribution in [3.63, 3.8) is 0 Å². The molecule has 0 aromatic heterocycles. The second kappa shape index (κ2) is 5.11. The van der Waals surface area contributed by atoms with Crippen molar-refractivity contribution in [3.8, 4) is 0 Å². The lowest BCUT2D eigenvalue weighted by atomic mass is 9.44. The van der Waals surface area contributed by atoms with Crippen LogP contribution < -0.4 is 0 Å². The number of hydrogen-bond donors (Lipinski definition) is 1. The Kier molecular flexibility index (Phi) is 3.79. The largest absolute Gasteiger partial charge is 0.464 e. The predicted octanol–water partition coefficient (Wildman–Crippen LogP) is 3.70. The monoisotopic (exact) mass is 334 g/mol. The first-order chi connectivity index (χ1) is 10.5. The minimum Gasteiger partial charge on any atom is -0.464 e. The summed E-state index contributed by atoms with van der Waals surface area (Å²) in [4.78, 5) is 12.0. The van der Waals surface area contributed by atoms with E-state index in [1.54, 1.807) is 0 Å². The fourth-order valence-corrected chi connectivity index (χ4v) is 5.52. The standard InChI is InChI=1S/C17H25F3O3/c1-14(2,17(18,19)20)13(22)23-10-16-6-11-3-12(7-16)5-15(4-11,8-16)9-21/h11-12,21H,3-10H2,1-2H3. The van der Waals surface area contributed by atoms with Gasteiger partial charge in [-0.05, 0) is 69.6 Å². The van der Waals surface area contributed by atoms with Gasteiger partial charge in [0, 0.05) is 12.0 Å². The Hall–Kier alpha value is -0.780. The molecule has 2 unspecified atom stereocenters. The molecule has 0 aliphatic heterocycles. The third-order valence-electron chi connectivity index (χ3n) is 6.37. The lowest BCUT2D eigenvalue weighted by Crippen LogP contribution is -2.55. The molecule has 0 heterocycles. The van der Waals surface area contributed by atoms with Crippen molar-refractivity contribution in [2.45, 2.75) is 58.5 Å². The van der Waals surface area contributed by atoms with E-state index in [-0.39, 0.29) is 24.0 Å². The minimum atomic E-state index is -4.61. The maximum absolute atomic E-state index is 13.0. The summed E-state index contributed by atoms with van der Waals surface area (Å²) in [5.74, 6) is -0.172. The van der Waals surface area contributed by atoms with Crippen LogP contribution in [0.3, 0.4) is 0 Å². The van der Waals surface area contributed by atoms with Gasteiger partial charge in [-0.2, -0.15) is 13.2 Å². The topological polar surface area (TPSA) is 46.5 Å². The molecule has 1 N–H and O–H groups in total. The molecular formula is C17H25F3O3. The number of hydrogen-bond acceptors (Lipinski definition) is 3. The Morgan fingerprint density at radius 2 is 1.65 bits per heavy atom. The van der Waals surface area contributed by atoms with E-state index in [1.165, 1.54) is 0 Å². The third kappa shape index (κ3) is 2.77. The fraction of sp³-hybridized carbons (Fsp3) is 0.941. The number of aliphatic hydroxyl groups excluding tert-OH is 1. The van der Waals surface area contributed by atoms with Gasteiger partial charge in [0.15, 0.2) is 5.41 Å². The van der Waals surface area contributed by atoms with Gasteiger partial charge in [-0.25, -0.2) is 0 Å². The molecule has 4 saturated carbocycles. The Morgan fingerprint density at radius 1 is 1.13 bits per heavy atom. The molecule has 2 atom stereocenters. The lowest BCUT2D eigenvalue weighted by Gasteiger charge is -2.61. The number of rotatable bonds is 4. The zero-order chi connectivity index (χ0) is 17.1. The van der Waals surface area contributed by atoms with E-state index < -0.39 is 17.6 Å². The zero-order valence-electron chi connectivity index (χ0n) is 13.7. The molecule has 4 bridgehead atoms. The summed E-state index contributed by atoms with van der Waals surface area (Å²) in [7, 11) is 0. The zero-order valence-corrected chi connectivity index (χ0v) is 13.7. The van der Waals surface area contributed by atoms with E-state index in [4.69, 9.17) is 4.74 Å². The van der Waals surface area contributed by atoms with Gasteiger partial charge in [0.2, 0.25) is 0 Å². The Bertz CT molecular complexity index is 484. The molecule has 0 spiro atoms. The van der Waals surface area contributed by atoms with Crippen molar-refractivity contribution < 1.29 is 27.8 Å². The Balaban J connectivity index is 1.70. The number of ether oxygens (including phenoxy) is 1. The van der Waals surface area contributed by atoms with Crippen LogP contribution in [-0.2, 0) is 9.53 Å². The molecule has 3 nitrogen and oxygen atoms in total. The highest BCUT2D eigenvalue weighted by Crippen LogP contribution is 2.65. The molecule has 0 amide bonds. The molecule has 4 aliphatic carbocycles. The van der Waals surface area contributed by atoms with Crippen LogP contribution >= 0.6 is 0 Å². The van der Waals surface area contributed by atoms with Crippen LogP contribution in [0.1, 0.15) is 52.4 Å². The van der Waals surface area contributed by atoms with E-state index in [9.17, 15) is 23.1 Å². The van der Waals surface area contributed by atoms with Gasteiger partial charge >= 0.3 is 12.1 Å². The summed E-state index contributed by atoms with van der Waals surface area (Å²) < 4.78 is 44.0. The first kappa shape index (κ1) is 17.1. The molecule has 0 saturated heterocycles. The highest BCUT2D eigenvalue weighted by molar-refractivity contribution is 5.76. The van der Waals surface area contributed by atoms with Crippen molar-refractivity contribution in [1.29, 1.82) is 0 Å². The predicted molar refractivity (Wildman–Crippen MR) is 77.4 cm³/mol. The van der Waals surface area contributed by atoms with Crippen LogP contribution in [0.15, 0.2) is 0 Å². The normalized spacial score (nSPS) is 39.6. The SMILES string of the molecule is CC(C)(C(=O)OCC12CC3CC(CC(CO)(C3)C1)C2)C(F)(F)F. The van der Waals surface area contributed by atoms with Gasteiger partial charge in [-0.3, -0.25) is 4.79 Å². The fourth-order valence-electron chi connectivity index (χ4n) is 5.52. The van der Waals surface area contributed by atoms with Crippen molar-refractivity contribution in [2.24, 2.45) is 28.1 Å². The van der Waals surface area contributed by atoms with Crippen LogP contribution in [0.25, 0.3) is 0 Å². The molecular weight excluding hydrogens is 309 g/mol. The summed E-state index contributed by atoms with van der Waals surface area (Å²) in [5, 5.41) is 9.80. The second-order valence-corrected chi connectivity index (χ2v) is 8.82. The third-order valence-corrected chi connectivity index (χ3v) is 6.37. The van der Waals surface area contributed by atoms with Crippen LogP contribution in [0.5, 0.6) is 0 Å². The van der Waals surface area contributed by atoms with Gasteiger partial charge in [-0.15, -0.1) is 0 Å². The molecule has 4 aliphatic rings. The summed E-state index contributed by atoms with van der Waals surface area (Å²) in [6, 6.07) is 0. The van der Waals surface area contributed by atoms with Crippen molar-refractivity contribution in [1.82, 2.24) is 0 Å². The number of esters is 1. The molecule has 0 aromatic rings. The second-order valence-electron chi connectivity index (χ2n) is 8.82. The molecule has 4 fully saturated rings. The van der Waals surface area contributed by atoms with Crippen LogP contribution in [0.2, 0.25) is 0 Å². The average molecular weight is 334 g/mol. The number of carbonyl (C=O) groups excluding carboxylic acids is 1. The van der Waals surface area contributed by atoms with Gasteiger partial charge in [0.1, 0.15) is 0 Å². The first-order valence-electron chi connectivity index (χ1n) is 8.36. The first-order valence-corrected chi connectivity index (χ1v) is 8.36. The molecule has 0 aromatic carbocycles. The number of aliphatic hydroxyl groups is 1. The highest BCUT2D eigenvalue weighted by atomic mass is 19.4. The minimum absolute atomic E-state index is 0.0556. The van der Waals surface area contributed by atoms with Gasteiger partial charge in [0.25, 0.3) is 0 Å². The van der Waals surface area contributed by atoms with E-state index in [0.717, 1.165) is 52.4 Å². The van der Waals surface area contributed by atoms with Crippen LogP contribution in [0, 0.1) is 28.1 Å². The smallest absolute Gasteiger partial charge is 0.404 e. The van der Waals surface area contributed by atoms with E-state index in [1.807, 2.05) is 0 Å². The van der Waals surface area contributed by atoms with Crippen molar-refractivity contribution in [2.75, 3.05) is 13.2 Å². The summed E-state index contributed by atoms with van der Waals surface area (Å²) in [6.07, 6.45) is 1.12. The molecule has 4 rings (SSSR count). The van der Waals surface area contributed by atoms with E-state index in [0.29, 0.717) is 11.8 Å². The number of alkyl halides is 3. The summed E-state index contributed by atoms with van der Waals surface area (Å²) in [5.41, 5.74) is -2.82. The van der Waals surface area contributed by atoms with Gasteiger partial charge in [-0.1, -0.05) is 0 Å². The molecule has 23 heavy (non-hydrogen) atoms. The van der Waals surface area contributed by atoms with Crippen molar-refractivity contribution >= 4 is 5.97 Å². The number of halogens is 3. The highest BCUT2D eigenvalue weighted by Gasteiger charge is 2.59. The quantitative estimate of drug-likeness (QED) is 0.798. The Labute approximate surface area is 134 Å². The Morgan fingerprint density at radius 3 is 2.13 bits per heavy atom. The van der Waals surface area contributed by atoms with Gasteiger partial charge in [0.05, 0.1) is 6.61 Å². The van der Waals surface area contributed by atoms with E-state index >= 15 is 0 Å². The van der Waals surface area contributed by atoms with Crippen LogP contribution in [-0.4, -0.2) is 30.5 Å². The average Bonchev–Trinajstić information content (AvgIpc) is 2.42. The van der Waals surface area contributed by atoms with Crippen molar-refractivity contribution in [3.05, 3.63) is 0 Å².